The van der Waals surface area contributed by atoms with Crippen molar-refractivity contribution < 1.29 is 18.5 Å². The van der Waals surface area contributed by atoms with Gasteiger partial charge in [0.25, 0.3) is 5.69 Å². The van der Waals surface area contributed by atoms with Crippen molar-refractivity contribution in [3.63, 3.8) is 0 Å². The minimum Gasteiger partial charge on any atom is -0.369 e. The van der Waals surface area contributed by atoms with Gasteiger partial charge in [-0.3, -0.25) is 24.6 Å². The van der Waals surface area contributed by atoms with E-state index >= 15 is 0 Å². The summed E-state index contributed by atoms with van der Waals surface area (Å²) in [6, 6.07) is 19.4. The van der Waals surface area contributed by atoms with E-state index in [1.54, 1.807) is 16.7 Å². The van der Waals surface area contributed by atoms with Crippen LogP contribution < -0.4 is 11.2 Å². The first-order valence-electron chi connectivity index (χ1n) is 13.8. The number of fused-ring (bicyclic) bond motifs is 1. The first kappa shape index (κ1) is 30.7. The molecule has 5 rings (SSSR count). The molecule has 0 aliphatic carbocycles. The van der Waals surface area contributed by atoms with Crippen molar-refractivity contribution in [1.29, 1.82) is 0 Å². The number of pyridine rings is 1. The monoisotopic (exact) mass is 616 g/mol. The summed E-state index contributed by atoms with van der Waals surface area (Å²) in [5.41, 5.74) is 6.05. The summed E-state index contributed by atoms with van der Waals surface area (Å²) in [5, 5.41) is 11.6. The van der Waals surface area contributed by atoms with Gasteiger partial charge in [-0.1, -0.05) is 36.4 Å². The van der Waals surface area contributed by atoms with E-state index in [1.807, 2.05) is 42.3 Å². The number of nitro benzene ring substituents is 1. The van der Waals surface area contributed by atoms with Gasteiger partial charge in [-0.05, 0) is 61.9 Å². The maximum atomic E-state index is 14.9. The van der Waals surface area contributed by atoms with Gasteiger partial charge in [-0.25, -0.2) is 8.78 Å². The molecule has 226 valence electrons. The highest BCUT2D eigenvalue weighted by Gasteiger charge is 2.33. The van der Waals surface area contributed by atoms with Gasteiger partial charge >= 0.3 is 0 Å². The van der Waals surface area contributed by atoms with Crippen molar-refractivity contribution >= 4 is 33.1 Å². The normalized spacial score (nSPS) is 11.8. The average molecular weight is 617 g/mol. The van der Waals surface area contributed by atoms with Crippen LogP contribution in [0.1, 0.15) is 36.1 Å². The first-order chi connectivity index (χ1) is 20.9. The summed E-state index contributed by atoms with van der Waals surface area (Å²) in [5.74, 6) is -2.23. The Morgan fingerprint density at radius 2 is 1.61 bits per heavy atom. The van der Waals surface area contributed by atoms with Gasteiger partial charge in [0.05, 0.1) is 22.3 Å². The topological polar surface area (TPSA) is 111 Å². The van der Waals surface area contributed by atoms with Crippen molar-refractivity contribution in [2.75, 3.05) is 7.05 Å². The molecule has 0 aliphatic rings. The number of primary amides is 1. The Morgan fingerprint density at radius 3 is 2.20 bits per heavy atom. The maximum Gasteiger partial charge on any atom is 0.269 e. The summed E-state index contributed by atoms with van der Waals surface area (Å²) in [7, 11) is 1.90. The zero-order valence-corrected chi connectivity index (χ0v) is 25.2. The van der Waals surface area contributed by atoms with Gasteiger partial charge in [-0.15, -0.1) is 11.3 Å². The lowest BCUT2D eigenvalue weighted by Gasteiger charge is -2.23. The Bertz CT molecular complexity index is 1920. The highest BCUT2D eigenvalue weighted by atomic mass is 32.1. The highest BCUT2D eigenvalue weighted by Crippen LogP contribution is 2.40. The van der Waals surface area contributed by atoms with Crippen LogP contribution in [0.3, 0.4) is 0 Å². The zero-order chi connectivity index (χ0) is 31.8. The molecule has 3 aromatic carbocycles. The minimum absolute atomic E-state index is 0.0855. The second kappa shape index (κ2) is 12.1. The largest absolute Gasteiger partial charge is 0.369 e. The molecule has 8 nitrogen and oxygen atoms in total. The smallest absolute Gasteiger partial charge is 0.269 e. The Balaban J connectivity index is 1.79. The number of hydrogen-bond acceptors (Lipinski definition) is 6. The number of halogens is 2. The Hall–Kier alpha value is -4.74. The van der Waals surface area contributed by atoms with Crippen LogP contribution in [0.15, 0.2) is 83.8 Å². The molecule has 5 aromatic rings. The molecular weight excluding hydrogens is 586 g/mol. The van der Waals surface area contributed by atoms with Crippen molar-refractivity contribution in [3.8, 4) is 10.4 Å². The van der Waals surface area contributed by atoms with Crippen LogP contribution in [0.4, 0.5) is 14.5 Å². The number of amides is 1. The number of thiophene rings is 1. The van der Waals surface area contributed by atoms with Crippen LogP contribution in [-0.2, 0) is 29.8 Å². The third-order valence-electron chi connectivity index (χ3n) is 7.75. The summed E-state index contributed by atoms with van der Waals surface area (Å²) >= 11 is 1.24. The van der Waals surface area contributed by atoms with E-state index in [0.717, 1.165) is 17.7 Å². The molecule has 0 saturated carbocycles. The fraction of sp³-hybridized carbons (Fsp3) is 0.212. The number of rotatable bonds is 10. The summed E-state index contributed by atoms with van der Waals surface area (Å²) in [4.78, 5) is 40.8. The zero-order valence-electron chi connectivity index (χ0n) is 24.3. The average Bonchev–Trinajstić information content (AvgIpc) is 3.36. The Labute approximate surface area is 256 Å². The number of benzene rings is 3. The Morgan fingerprint density at radius 1 is 0.977 bits per heavy atom. The molecule has 44 heavy (non-hydrogen) atoms. The van der Waals surface area contributed by atoms with E-state index in [4.69, 9.17) is 5.73 Å². The number of nitrogens with two attached hydrogens (primary N) is 1. The van der Waals surface area contributed by atoms with Gasteiger partial charge in [0.1, 0.15) is 16.5 Å². The van der Waals surface area contributed by atoms with Gasteiger partial charge in [-0.2, -0.15) is 0 Å². The predicted octanol–water partition coefficient (Wildman–Crippen LogP) is 6.36. The molecule has 0 bridgehead atoms. The quantitative estimate of drug-likeness (QED) is 0.145. The SMILES string of the molecule is CN(Cc1ccccc1)Cc1c(-c2ccc([N+](=O)[O-])cc2)sc2c1c(=O)c(C(C)(C)C(N)=O)cn2Cc1c(F)cccc1F. The summed E-state index contributed by atoms with van der Waals surface area (Å²) < 4.78 is 31.3. The van der Waals surface area contributed by atoms with Crippen molar-refractivity contribution in [2.45, 2.75) is 38.9 Å². The van der Waals surface area contributed by atoms with Gasteiger partial charge in [0.2, 0.25) is 5.91 Å². The molecule has 0 unspecified atom stereocenters. The number of nitro groups is 1. The van der Waals surface area contributed by atoms with E-state index in [0.29, 0.717) is 39.3 Å². The molecule has 0 spiro atoms. The molecule has 2 heterocycles. The third-order valence-corrected chi connectivity index (χ3v) is 9.07. The Kier molecular flexibility index (Phi) is 8.44. The molecule has 0 aliphatic heterocycles. The van der Waals surface area contributed by atoms with Crippen LogP contribution in [0, 0.1) is 21.7 Å². The van der Waals surface area contributed by atoms with Crippen LogP contribution in [-0.4, -0.2) is 27.3 Å². The van der Waals surface area contributed by atoms with Crippen LogP contribution in [0.25, 0.3) is 20.7 Å². The fourth-order valence-corrected chi connectivity index (χ4v) is 6.47. The van der Waals surface area contributed by atoms with Gasteiger partial charge in [0, 0.05) is 47.4 Å². The molecule has 0 radical (unpaired) electrons. The molecule has 2 N–H and O–H groups in total. The van der Waals surface area contributed by atoms with E-state index in [-0.39, 0.29) is 23.4 Å². The lowest BCUT2D eigenvalue weighted by molar-refractivity contribution is -0.384. The molecule has 1 amide bonds. The number of carbonyl (C=O) groups excluding carboxylic acids is 1. The standard InChI is InChI=1S/C33H30F2N4O4S/c1-33(2,32(36)41)25-19-38(18-23-26(34)10-7-11-27(23)35)31-28(29(25)40)24(17-37(3)16-20-8-5-4-6-9-20)30(44-31)21-12-14-22(15-13-21)39(42)43/h4-15,19H,16-18H2,1-3H3,(H2,36,41). The second-order valence-electron chi connectivity index (χ2n) is 11.2. The predicted molar refractivity (Wildman–Crippen MR) is 167 cm³/mol. The molecular formula is C33H30F2N4O4S. The molecule has 0 saturated heterocycles. The molecule has 0 atom stereocenters. The molecule has 0 fully saturated rings. The van der Waals surface area contributed by atoms with Gasteiger partial charge < -0.3 is 10.3 Å². The molecule has 2 aromatic heterocycles. The van der Waals surface area contributed by atoms with Crippen molar-refractivity contribution in [3.05, 3.63) is 133 Å². The minimum atomic E-state index is -1.40. The number of hydrogen-bond donors (Lipinski definition) is 1. The number of carbonyl (C=O) groups is 1. The van der Waals surface area contributed by atoms with Crippen LogP contribution in [0.5, 0.6) is 0 Å². The number of aromatic nitrogens is 1. The molecule has 11 heteroatoms. The van der Waals surface area contributed by atoms with E-state index in [2.05, 4.69) is 0 Å². The lowest BCUT2D eigenvalue weighted by atomic mass is 9.84. The number of non-ortho nitro benzene ring substituents is 1. The van der Waals surface area contributed by atoms with Crippen LogP contribution >= 0.6 is 11.3 Å². The van der Waals surface area contributed by atoms with Gasteiger partial charge in [0.15, 0.2) is 5.43 Å². The second-order valence-corrected chi connectivity index (χ2v) is 12.2. The van der Waals surface area contributed by atoms with Crippen molar-refractivity contribution in [1.82, 2.24) is 9.47 Å². The first-order valence-corrected chi connectivity index (χ1v) is 14.6. The van der Waals surface area contributed by atoms with E-state index in [9.17, 15) is 28.5 Å². The van der Waals surface area contributed by atoms with Crippen molar-refractivity contribution in [2.24, 2.45) is 5.73 Å². The van der Waals surface area contributed by atoms with E-state index in [1.165, 1.54) is 49.6 Å². The number of nitrogens with zero attached hydrogens (tertiary/aromatic N) is 3. The lowest BCUT2D eigenvalue weighted by Crippen LogP contribution is -2.40. The summed E-state index contributed by atoms with van der Waals surface area (Å²) in [6.07, 6.45) is 1.45. The third kappa shape index (κ3) is 5.88. The maximum absolute atomic E-state index is 14.9. The van der Waals surface area contributed by atoms with E-state index < -0.39 is 33.3 Å². The summed E-state index contributed by atoms with van der Waals surface area (Å²) in [6.45, 7) is 3.67. The fourth-order valence-electron chi connectivity index (χ4n) is 5.18. The van der Waals surface area contributed by atoms with Crippen LogP contribution in [0.2, 0.25) is 0 Å². The highest BCUT2D eigenvalue weighted by molar-refractivity contribution is 7.22.